The maximum absolute atomic E-state index is 13.9. The molecule has 6 heteroatoms. The van der Waals surface area contributed by atoms with Gasteiger partial charge in [0.15, 0.2) is 0 Å². The van der Waals surface area contributed by atoms with Gasteiger partial charge in [-0.3, -0.25) is 4.79 Å². The molecule has 2 heterocycles. The summed E-state index contributed by atoms with van der Waals surface area (Å²) in [5, 5.41) is 2.23. The quantitative estimate of drug-likeness (QED) is 0.939. The Bertz CT molecular complexity index is 703. The van der Waals surface area contributed by atoms with E-state index in [4.69, 9.17) is 5.73 Å². The number of nitrogens with zero attached hydrogens (tertiary/aromatic N) is 2. The minimum Gasteiger partial charge on any atom is -0.333 e. The lowest BCUT2D eigenvalue weighted by atomic mass is 9.92. The first-order valence-electron chi connectivity index (χ1n) is 7.81. The summed E-state index contributed by atoms with van der Waals surface area (Å²) in [5.74, 6) is 0.149. The van der Waals surface area contributed by atoms with Gasteiger partial charge in [-0.1, -0.05) is 19.1 Å². The molecule has 0 radical (unpaired) electrons. The zero-order chi connectivity index (χ0) is 16.4. The van der Waals surface area contributed by atoms with Gasteiger partial charge in [-0.2, -0.15) is 0 Å². The van der Waals surface area contributed by atoms with Crippen molar-refractivity contribution in [2.45, 2.75) is 25.8 Å². The normalized spacial score (nSPS) is 21.4. The Morgan fingerprint density at radius 2 is 2.26 bits per heavy atom. The van der Waals surface area contributed by atoms with E-state index in [0.717, 1.165) is 12.8 Å². The van der Waals surface area contributed by atoms with Crippen LogP contribution in [0.4, 0.5) is 4.39 Å². The molecule has 2 N–H and O–H groups in total. The van der Waals surface area contributed by atoms with Gasteiger partial charge in [0.1, 0.15) is 16.5 Å². The molecule has 4 nitrogen and oxygen atoms in total. The van der Waals surface area contributed by atoms with Gasteiger partial charge in [-0.25, -0.2) is 9.37 Å². The lowest BCUT2D eigenvalue weighted by molar-refractivity contribution is 0.0568. The average molecular weight is 333 g/mol. The number of piperidine rings is 1. The summed E-state index contributed by atoms with van der Waals surface area (Å²) in [7, 11) is 0. The summed E-state index contributed by atoms with van der Waals surface area (Å²) in [4.78, 5) is 18.9. The van der Waals surface area contributed by atoms with Crippen molar-refractivity contribution in [3.63, 3.8) is 0 Å². The lowest BCUT2D eigenvalue weighted by Gasteiger charge is -2.37. The molecule has 23 heavy (non-hydrogen) atoms. The van der Waals surface area contributed by atoms with Crippen LogP contribution in [0.15, 0.2) is 29.6 Å². The fraction of sp³-hybridized carbons (Fsp3) is 0.412. The van der Waals surface area contributed by atoms with Crippen LogP contribution in [0.2, 0.25) is 0 Å². The third-order valence-corrected chi connectivity index (χ3v) is 5.21. The van der Waals surface area contributed by atoms with Crippen molar-refractivity contribution < 1.29 is 9.18 Å². The minimum atomic E-state index is -0.326. The van der Waals surface area contributed by atoms with E-state index >= 15 is 0 Å². The van der Waals surface area contributed by atoms with E-state index in [1.165, 1.54) is 17.4 Å². The average Bonchev–Trinajstić information content (AvgIpc) is 3.04. The molecule has 1 aromatic carbocycles. The summed E-state index contributed by atoms with van der Waals surface area (Å²) in [6.45, 7) is 3.35. The topological polar surface area (TPSA) is 59.2 Å². The maximum atomic E-state index is 13.9. The summed E-state index contributed by atoms with van der Waals surface area (Å²) in [6, 6.07) is 6.53. The van der Waals surface area contributed by atoms with Crippen molar-refractivity contribution in [3.8, 4) is 10.6 Å². The van der Waals surface area contributed by atoms with E-state index in [2.05, 4.69) is 11.9 Å². The molecule has 0 spiro atoms. The Morgan fingerprint density at radius 3 is 3.00 bits per heavy atom. The Morgan fingerprint density at radius 1 is 1.48 bits per heavy atom. The standard InChI is InChI=1S/C17H20FN3OS/c1-11-6-7-21(12(8-11)9-19)17(22)15-10-23-16(20-15)13-4-2-3-5-14(13)18/h2-5,10-12H,6-9,19H2,1H3. The van der Waals surface area contributed by atoms with E-state index in [1.54, 1.807) is 23.6 Å². The Hall–Kier alpha value is -1.79. The van der Waals surface area contributed by atoms with Crippen LogP contribution in [-0.4, -0.2) is 34.9 Å². The van der Waals surface area contributed by atoms with Crippen molar-refractivity contribution in [2.24, 2.45) is 11.7 Å². The van der Waals surface area contributed by atoms with E-state index in [0.29, 0.717) is 35.3 Å². The highest BCUT2D eigenvalue weighted by Crippen LogP contribution is 2.28. The van der Waals surface area contributed by atoms with Crippen molar-refractivity contribution >= 4 is 17.2 Å². The second-order valence-electron chi connectivity index (χ2n) is 6.04. The van der Waals surface area contributed by atoms with E-state index in [-0.39, 0.29) is 17.8 Å². The molecule has 2 aromatic rings. The number of carbonyl (C=O) groups is 1. The number of benzene rings is 1. The highest BCUT2D eigenvalue weighted by molar-refractivity contribution is 7.13. The fourth-order valence-corrected chi connectivity index (χ4v) is 3.84. The highest BCUT2D eigenvalue weighted by atomic mass is 32.1. The van der Waals surface area contributed by atoms with Crippen molar-refractivity contribution in [2.75, 3.05) is 13.1 Å². The zero-order valence-electron chi connectivity index (χ0n) is 13.0. The smallest absolute Gasteiger partial charge is 0.273 e. The Labute approximate surface area is 139 Å². The number of thiazole rings is 1. The van der Waals surface area contributed by atoms with Crippen molar-refractivity contribution in [1.29, 1.82) is 0 Å². The minimum absolute atomic E-state index is 0.0601. The molecule has 0 bridgehead atoms. The number of hydrogen-bond donors (Lipinski definition) is 1. The molecule has 0 saturated carbocycles. The van der Waals surface area contributed by atoms with Crippen LogP contribution >= 0.6 is 11.3 Å². The molecule has 2 atom stereocenters. The molecule has 122 valence electrons. The van der Waals surface area contributed by atoms with Crippen LogP contribution in [0, 0.1) is 11.7 Å². The third-order valence-electron chi connectivity index (χ3n) is 4.34. The van der Waals surface area contributed by atoms with Gasteiger partial charge in [0, 0.05) is 30.1 Å². The summed E-state index contributed by atoms with van der Waals surface area (Å²) >= 11 is 1.29. The first-order chi connectivity index (χ1) is 11.1. The first kappa shape index (κ1) is 16.1. The number of halogens is 1. The molecular weight excluding hydrogens is 313 g/mol. The number of nitrogens with two attached hydrogens (primary N) is 1. The number of amides is 1. The third kappa shape index (κ3) is 3.28. The summed E-state index contributed by atoms with van der Waals surface area (Å²) in [6.07, 6.45) is 1.90. The number of rotatable bonds is 3. The number of aromatic nitrogens is 1. The van der Waals surface area contributed by atoms with Gasteiger partial charge < -0.3 is 10.6 Å². The number of carbonyl (C=O) groups excluding carboxylic acids is 1. The van der Waals surface area contributed by atoms with Crippen LogP contribution in [0.5, 0.6) is 0 Å². The molecular formula is C17H20FN3OS. The van der Waals surface area contributed by atoms with Crippen LogP contribution in [-0.2, 0) is 0 Å². The van der Waals surface area contributed by atoms with Gasteiger partial charge in [-0.05, 0) is 30.9 Å². The molecule has 1 aliphatic heterocycles. The molecule has 1 aliphatic rings. The first-order valence-corrected chi connectivity index (χ1v) is 8.69. The molecule has 1 amide bonds. The van der Waals surface area contributed by atoms with E-state index in [1.807, 2.05) is 4.90 Å². The summed E-state index contributed by atoms with van der Waals surface area (Å²) < 4.78 is 13.9. The van der Waals surface area contributed by atoms with Crippen molar-refractivity contribution in [1.82, 2.24) is 9.88 Å². The monoisotopic (exact) mass is 333 g/mol. The second-order valence-corrected chi connectivity index (χ2v) is 6.89. The van der Waals surface area contributed by atoms with Gasteiger partial charge in [0.2, 0.25) is 0 Å². The predicted molar refractivity (Wildman–Crippen MR) is 89.8 cm³/mol. The molecule has 1 fully saturated rings. The number of hydrogen-bond acceptors (Lipinski definition) is 4. The van der Waals surface area contributed by atoms with Crippen LogP contribution < -0.4 is 5.73 Å². The molecule has 0 aliphatic carbocycles. The Balaban J connectivity index is 1.82. The second kappa shape index (κ2) is 6.76. The van der Waals surface area contributed by atoms with Gasteiger partial charge in [-0.15, -0.1) is 11.3 Å². The van der Waals surface area contributed by atoms with Crippen LogP contribution in [0.25, 0.3) is 10.6 Å². The van der Waals surface area contributed by atoms with Gasteiger partial charge in [0.05, 0.1) is 0 Å². The highest BCUT2D eigenvalue weighted by Gasteiger charge is 2.30. The molecule has 2 unspecified atom stereocenters. The largest absolute Gasteiger partial charge is 0.333 e. The molecule has 3 rings (SSSR count). The zero-order valence-corrected chi connectivity index (χ0v) is 13.9. The van der Waals surface area contributed by atoms with E-state index in [9.17, 15) is 9.18 Å². The Kier molecular flexibility index (Phi) is 4.73. The molecule has 1 saturated heterocycles. The maximum Gasteiger partial charge on any atom is 0.273 e. The lowest BCUT2D eigenvalue weighted by Crippen LogP contribution is -2.49. The summed E-state index contributed by atoms with van der Waals surface area (Å²) in [5.41, 5.74) is 6.63. The SMILES string of the molecule is CC1CCN(C(=O)c2csc(-c3ccccc3F)n2)C(CN)C1. The van der Waals surface area contributed by atoms with Gasteiger partial charge in [0.25, 0.3) is 5.91 Å². The van der Waals surface area contributed by atoms with Crippen LogP contribution in [0.3, 0.4) is 0 Å². The number of likely N-dealkylation sites (tertiary alicyclic amines) is 1. The van der Waals surface area contributed by atoms with Gasteiger partial charge >= 0.3 is 0 Å². The predicted octanol–water partition coefficient (Wildman–Crippen LogP) is 3.15. The van der Waals surface area contributed by atoms with Crippen molar-refractivity contribution in [3.05, 3.63) is 41.2 Å². The fourth-order valence-electron chi connectivity index (χ4n) is 3.02. The van der Waals surface area contributed by atoms with Crippen LogP contribution in [0.1, 0.15) is 30.3 Å². The molecule has 1 aromatic heterocycles. The van der Waals surface area contributed by atoms with E-state index < -0.39 is 0 Å².